The minimum atomic E-state index is -0.392. The van der Waals surface area contributed by atoms with Gasteiger partial charge in [-0.1, -0.05) is 151 Å². The first kappa shape index (κ1) is 25.1. The van der Waals surface area contributed by atoms with Crippen LogP contribution in [0.4, 0.5) is 0 Å². The first-order chi connectivity index (χ1) is 22.3. The quantitative estimate of drug-likeness (QED) is 0.194. The number of rotatable bonds is 2. The fourth-order valence-corrected chi connectivity index (χ4v) is 9.39. The number of fused-ring (bicyclic) bond motifs is 13. The van der Waals surface area contributed by atoms with Crippen molar-refractivity contribution in [3.05, 3.63) is 186 Å². The van der Waals surface area contributed by atoms with E-state index < -0.39 is 5.41 Å². The minimum absolute atomic E-state index is 0.392. The van der Waals surface area contributed by atoms with Crippen LogP contribution in [0.5, 0.6) is 0 Å². The molecule has 0 radical (unpaired) electrons. The molecule has 2 heteroatoms. The Labute approximate surface area is 266 Å². The number of hydrogen-bond acceptors (Lipinski definition) is 1. The maximum atomic E-state index is 2.50. The smallest absolute Gasteiger partial charge is 0.0736 e. The molecule has 1 nitrogen and oxygen atoms in total. The third-order valence-corrected chi connectivity index (χ3v) is 11.1. The Morgan fingerprint density at radius 3 is 1.78 bits per heavy atom. The summed E-state index contributed by atoms with van der Waals surface area (Å²) in [5, 5.41) is 2.57. The molecule has 1 aromatic heterocycles. The zero-order valence-corrected chi connectivity index (χ0v) is 25.3. The van der Waals surface area contributed by atoms with Crippen LogP contribution in [0.1, 0.15) is 22.3 Å². The van der Waals surface area contributed by atoms with Crippen molar-refractivity contribution in [2.75, 3.05) is 0 Å². The monoisotopic (exact) mass is 589 g/mol. The van der Waals surface area contributed by atoms with Gasteiger partial charge in [0, 0.05) is 26.3 Å². The van der Waals surface area contributed by atoms with Gasteiger partial charge in [0.25, 0.3) is 0 Å². The predicted octanol–water partition coefficient (Wildman–Crippen LogP) is 11.3. The van der Waals surface area contributed by atoms with E-state index in [4.69, 9.17) is 0 Å². The molecule has 0 saturated carbocycles. The Morgan fingerprint density at radius 2 is 1.02 bits per heavy atom. The van der Waals surface area contributed by atoms with Gasteiger partial charge in [-0.05, 0) is 68.8 Å². The van der Waals surface area contributed by atoms with E-state index in [1.807, 2.05) is 11.8 Å². The van der Waals surface area contributed by atoms with Gasteiger partial charge in [0.15, 0.2) is 0 Å². The molecule has 8 aromatic rings. The lowest BCUT2D eigenvalue weighted by Crippen LogP contribution is -2.32. The average molecular weight is 590 g/mol. The summed E-state index contributed by atoms with van der Waals surface area (Å²) in [5.74, 6) is 0. The Balaban J connectivity index is 1.33. The Kier molecular flexibility index (Phi) is 5.20. The highest BCUT2D eigenvalue weighted by atomic mass is 32.2. The molecule has 0 fully saturated rings. The van der Waals surface area contributed by atoms with Gasteiger partial charge in [-0.15, -0.1) is 0 Å². The van der Waals surface area contributed by atoms with Crippen molar-refractivity contribution < 1.29 is 0 Å². The van der Waals surface area contributed by atoms with Crippen LogP contribution in [0, 0.1) is 0 Å². The maximum Gasteiger partial charge on any atom is 0.0736 e. The molecule has 2 aliphatic rings. The van der Waals surface area contributed by atoms with Crippen molar-refractivity contribution in [3.8, 4) is 27.9 Å². The highest BCUT2D eigenvalue weighted by Gasteiger charge is 2.50. The number of para-hydroxylation sites is 1. The van der Waals surface area contributed by atoms with E-state index in [1.54, 1.807) is 0 Å². The molecule has 210 valence electrons. The highest BCUT2D eigenvalue weighted by molar-refractivity contribution is 7.99. The summed E-state index contributed by atoms with van der Waals surface area (Å²) in [5.41, 5.74) is 13.9. The molecule has 0 saturated heterocycles. The van der Waals surface area contributed by atoms with Gasteiger partial charge in [-0.25, -0.2) is 0 Å². The van der Waals surface area contributed by atoms with Crippen molar-refractivity contribution in [2.45, 2.75) is 15.2 Å². The van der Waals surface area contributed by atoms with Crippen LogP contribution < -0.4 is 0 Å². The Hall–Kier alpha value is -5.31. The fourth-order valence-electron chi connectivity index (χ4n) is 8.06. The summed E-state index contributed by atoms with van der Waals surface area (Å²) in [6.07, 6.45) is 0. The molecule has 1 aliphatic carbocycles. The second-order valence-electron chi connectivity index (χ2n) is 12.0. The highest BCUT2D eigenvalue weighted by Crippen LogP contribution is 2.63. The first-order valence-corrected chi connectivity index (χ1v) is 16.3. The van der Waals surface area contributed by atoms with E-state index in [2.05, 4.69) is 168 Å². The van der Waals surface area contributed by atoms with Gasteiger partial charge in [0.05, 0.1) is 16.4 Å². The molecule has 0 unspecified atom stereocenters. The average Bonchev–Trinajstić information content (AvgIpc) is 3.61. The van der Waals surface area contributed by atoms with Crippen LogP contribution in [0.15, 0.2) is 174 Å². The van der Waals surface area contributed by atoms with Crippen molar-refractivity contribution >= 4 is 33.6 Å². The topological polar surface area (TPSA) is 4.93 Å². The number of benzene rings is 7. The molecule has 2 heterocycles. The predicted molar refractivity (Wildman–Crippen MR) is 188 cm³/mol. The molecule has 1 aliphatic heterocycles. The normalized spacial score (nSPS) is 13.9. The Bertz CT molecular complexity index is 2400. The van der Waals surface area contributed by atoms with Gasteiger partial charge in [-0.2, -0.15) is 0 Å². The minimum Gasteiger partial charge on any atom is -0.308 e. The number of aromatic nitrogens is 1. The summed E-state index contributed by atoms with van der Waals surface area (Å²) in [7, 11) is 0. The second kappa shape index (κ2) is 9.34. The van der Waals surface area contributed by atoms with Crippen molar-refractivity contribution in [1.82, 2.24) is 4.57 Å². The SMILES string of the molecule is c1ccc(-c2ccc(-n3c4ccccc4c4ccc5c(c43)Sc3ccccc3C53c4ccccc4-c4ccccc43)cc2)cc1. The molecular weight excluding hydrogens is 563 g/mol. The number of nitrogens with zero attached hydrogens (tertiary/aromatic N) is 1. The van der Waals surface area contributed by atoms with E-state index in [-0.39, 0.29) is 0 Å². The third kappa shape index (κ3) is 3.30. The second-order valence-corrected chi connectivity index (χ2v) is 13.1. The zero-order chi connectivity index (χ0) is 29.5. The zero-order valence-electron chi connectivity index (χ0n) is 24.4. The lowest BCUT2D eigenvalue weighted by molar-refractivity contribution is 0.724. The summed E-state index contributed by atoms with van der Waals surface area (Å²) in [4.78, 5) is 2.65. The summed E-state index contributed by atoms with van der Waals surface area (Å²) in [6.45, 7) is 0. The molecule has 45 heavy (non-hydrogen) atoms. The molecule has 0 bridgehead atoms. The largest absolute Gasteiger partial charge is 0.308 e. The van der Waals surface area contributed by atoms with Crippen LogP contribution in [0.3, 0.4) is 0 Å². The molecular formula is C43H27NS. The molecule has 0 N–H and O–H groups in total. The van der Waals surface area contributed by atoms with Crippen LogP contribution >= 0.6 is 11.8 Å². The third-order valence-electron chi connectivity index (χ3n) is 9.88. The fraction of sp³-hybridized carbons (Fsp3) is 0.0233. The van der Waals surface area contributed by atoms with Gasteiger partial charge in [0.1, 0.15) is 0 Å². The van der Waals surface area contributed by atoms with Gasteiger partial charge in [0.2, 0.25) is 0 Å². The van der Waals surface area contributed by atoms with E-state index in [0.29, 0.717) is 0 Å². The lowest BCUT2D eigenvalue weighted by Gasteiger charge is -2.40. The van der Waals surface area contributed by atoms with Crippen LogP contribution in [0.25, 0.3) is 49.7 Å². The standard InChI is InChI=1S/C43H27NS/c1-2-12-28(13-3-1)29-22-24-30(25-23-29)44-39-20-10-6-16-33(39)34-26-27-38-42(41(34)44)45-40-21-11-9-19-37(40)43(38)35-17-7-4-14-31(35)32-15-5-8-18-36(32)43/h1-27H. The van der Waals surface area contributed by atoms with Crippen LogP contribution in [-0.4, -0.2) is 4.57 Å². The molecule has 1 spiro atoms. The van der Waals surface area contributed by atoms with Gasteiger partial charge in [-0.3, -0.25) is 0 Å². The summed E-state index contributed by atoms with van der Waals surface area (Å²) < 4.78 is 2.50. The van der Waals surface area contributed by atoms with E-state index >= 15 is 0 Å². The van der Waals surface area contributed by atoms with Gasteiger partial charge >= 0.3 is 0 Å². The molecule has 0 atom stereocenters. The maximum absolute atomic E-state index is 2.50. The Morgan fingerprint density at radius 1 is 0.422 bits per heavy atom. The molecule has 10 rings (SSSR count). The number of hydrogen-bond donors (Lipinski definition) is 0. The van der Waals surface area contributed by atoms with Crippen molar-refractivity contribution in [3.63, 3.8) is 0 Å². The van der Waals surface area contributed by atoms with Crippen LogP contribution in [-0.2, 0) is 5.41 Å². The van der Waals surface area contributed by atoms with Crippen LogP contribution in [0.2, 0.25) is 0 Å². The van der Waals surface area contributed by atoms with E-state index in [0.717, 1.165) is 0 Å². The summed E-state index contributed by atoms with van der Waals surface area (Å²) in [6, 6.07) is 60.5. The lowest BCUT2D eigenvalue weighted by atomic mass is 9.67. The first-order valence-electron chi connectivity index (χ1n) is 15.5. The van der Waals surface area contributed by atoms with Crippen molar-refractivity contribution in [2.24, 2.45) is 0 Å². The molecule has 7 aromatic carbocycles. The molecule has 0 amide bonds. The summed E-state index contributed by atoms with van der Waals surface area (Å²) >= 11 is 1.93. The van der Waals surface area contributed by atoms with Gasteiger partial charge < -0.3 is 4.57 Å². The van der Waals surface area contributed by atoms with E-state index in [9.17, 15) is 0 Å². The van der Waals surface area contributed by atoms with E-state index in [1.165, 1.54) is 81.8 Å². The van der Waals surface area contributed by atoms with Crippen molar-refractivity contribution in [1.29, 1.82) is 0 Å².